The van der Waals surface area contributed by atoms with Gasteiger partial charge in [-0.25, -0.2) is 14.8 Å². The number of rotatable bonds is 7. The van der Waals surface area contributed by atoms with E-state index in [0.29, 0.717) is 52.2 Å². The van der Waals surface area contributed by atoms with Crippen molar-refractivity contribution in [2.45, 2.75) is 25.7 Å². The van der Waals surface area contributed by atoms with Gasteiger partial charge in [0, 0.05) is 11.8 Å². The Morgan fingerprint density at radius 2 is 1.74 bits per heavy atom. The van der Waals surface area contributed by atoms with E-state index in [4.69, 9.17) is 18.9 Å². The minimum atomic E-state index is -0.441. The van der Waals surface area contributed by atoms with Crippen molar-refractivity contribution in [1.29, 1.82) is 0 Å². The highest BCUT2D eigenvalue weighted by molar-refractivity contribution is 5.87. The molecule has 31 heavy (non-hydrogen) atoms. The van der Waals surface area contributed by atoms with Gasteiger partial charge in [-0.3, -0.25) is 5.32 Å². The van der Waals surface area contributed by atoms with Crippen LogP contribution in [0, 0.1) is 5.92 Å². The van der Waals surface area contributed by atoms with Gasteiger partial charge < -0.3 is 18.9 Å². The molecular weight excluding hydrogens is 398 g/mol. The summed E-state index contributed by atoms with van der Waals surface area (Å²) in [6.07, 6.45) is 5.70. The number of nitrogens with zero attached hydrogens (tertiary/aromatic N) is 2. The highest BCUT2D eigenvalue weighted by Crippen LogP contribution is 2.35. The Labute approximate surface area is 180 Å². The van der Waals surface area contributed by atoms with Crippen molar-refractivity contribution in [3.8, 4) is 23.1 Å². The molecule has 1 heterocycles. The van der Waals surface area contributed by atoms with Gasteiger partial charge in [-0.15, -0.1) is 0 Å². The zero-order chi connectivity index (χ0) is 21.6. The molecule has 0 bridgehead atoms. The molecule has 0 spiro atoms. The molecule has 1 aromatic heterocycles. The molecule has 0 atom stereocenters. The van der Waals surface area contributed by atoms with E-state index in [1.165, 1.54) is 19.2 Å². The standard InChI is InChI=1S/C23H25N3O5/c1-28-20-11-18-19(12-21(20)29-2)24-14-25-22(18)31-17-9-7-16(8-10-17)26-23(27)30-13-15-5-3-4-6-15/h7-12,14-15H,3-6,13H2,1-2H3,(H,26,27). The molecule has 1 N–H and O–H groups in total. The Morgan fingerprint density at radius 3 is 2.45 bits per heavy atom. The Bertz CT molecular complexity index is 1050. The van der Waals surface area contributed by atoms with Gasteiger partial charge in [0.2, 0.25) is 5.88 Å². The number of fused-ring (bicyclic) bond motifs is 1. The van der Waals surface area contributed by atoms with E-state index in [-0.39, 0.29) is 0 Å². The maximum atomic E-state index is 12.0. The van der Waals surface area contributed by atoms with Gasteiger partial charge in [-0.2, -0.15) is 0 Å². The van der Waals surface area contributed by atoms with Gasteiger partial charge in [-0.1, -0.05) is 12.8 Å². The van der Waals surface area contributed by atoms with Crippen LogP contribution in [0.5, 0.6) is 23.1 Å². The summed E-state index contributed by atoms with van der Waals surface area (Å²) < 4.78 is 22.0. The molecule has 8 nitrogen and oxygen atoms in total. The van der Waals surface area contributed by atoms with Crippen LogP contribution in [0.2, 0.25) is 0 Å². The minimum absolute atomic E-state index is 0.391. The van der Waals surface area contributed by atoms with Gasteiger partial charge >= 0.3 is 6.09 Å². The summed E-state index contributed by atoms with van der Waals surface area (Å²) in [5, 5.41) is 3.43. The molecular formula is C23H25N3O5. The molecule has 0 aliphatic heterocycles. The minimum Gasteiger partial charge on any atom is -0.493 e. The van der Waals surface area contributed by atoms with E-state index in [1.807, 2.05) is 0 Å². The maximum absolute atomic E-state index is 12.0. The fourth-order valence-electron chi connectivity index (χ4n) is 3.68. The number of amides is 1. The molecule has 0 saturated heterocycles. The topological polar surface area (TPSA) is 91.8 Å². The third-order valence-corrected chi connectivity index (χ3v) is 5.34. The second kappa shape index (κ2) is 9.51. The zero-order valence-corrected chi connectivity index (χ0v) is 17.6. The van der Waals surface area contributed by atoms with Crippen molar-refractivity contribution in [2.24, 2.45) is 5.92 Å². The third-order valence-electron chi connectivity index (χ3n) is 5.34. The number of aromatic nitrogens is 2. The lowest BCUT2D eigenvalue weighted by Crippen LogP contribution is -2.17. The van der Waals surface area contributed by atoms with Crippen LogP contribution in [0.3, 0.4) is 0 Å². The lowest BCUT2D eigenvalue weighted by molar-refractivity contribution is 0.142. The van der Waals surface area contributed by atoms with Crippen molar-refractivity contribution in [3.63, 3.8) is 0 Å². The second-order valence-electron chi connectivity index (χ2n) is 7.40. The highest BCUT2D eigenvalue weighted by Gasteiger charge is 2.17. The van der Waals surface area contributed by atoms with Crippen LogP contribution in [0.15, 0.2) is 42.7 Å². The predicted octanol–water partition coefficient (Wildman–Crippen LogP) is 5.18. The summed E-state index contributed by atoms with van der Waals surface area (Å²) in [5.74, 6) is 2.59. The lowest BCUT2D eigenvalue weighted by atomic mass is 10.1. The van der Waals surface area contributed by atoms with Crippen LogP contribution in [0.4, 0.5) is 10.5 Å². The van der Waals surface area contributed by atoms with Crippen LogP contribution in [0.1, 0.15) is 25.7 Å². The Balaban J connectivity index is 1.42. The van der Waals surface area contributed by atoms with Gasteiger partial charge in [0.15, 0.2) is 11.5 Å². The number of nitrogens with one attached hydrogen (secondary N) is 1. The smallest absolute Gasteiger partial charge is 0.411 e. The normalized spacial score (nSPS) is 13.7. The maximum Gasteiger partial charge on any atom is 0.411 e. The summed E-state index contributed by atoms with van der Waals surface area (Å²) in [5.41, 5.74) is 1.30. The van der Waals surface area contributed by atoms with Gasteiger partial charge in [0.1, 0.15) is 12.1 Å². The first-order valence-corrected chi connectivity index (χ1v) is 10.2. The first-order chi connectivity index (χ1) is 15.2. The van der Waals surface area contributed by atoms with Crippen LogP contribution in [-0.2, 0) is 4.74 Å². The fourth-order valence-corrected chi connectivity index (χ4v) is 3.68. The predicted molar refractivity (Wildman–Crippen MR) is 116 cm³/mol. The van der Waals surface area contributed by atoms with Crippen LogP contribution >= 0.6 is 0 Å². The SMILES string of the molecule is COc1cc2ncnc(Oc3ccc(NC(=O)OCC4CCCC4)cc3)c2cc1OC. The summed E-state index contributed by atoms with van der Waals surface area (Å²) >= 11 is 0. The molecule has 1 amide bonds. The summed E-state index contributed by atoms with van der Waals surface area (Å²) in [7, 11) is 3.14. The Hall–Kier alpha value is -3.55. The number of hydrogen-bond donors (Lipinski definition) is 1. The Kier molecular flexibility index (Phi) is 6.35. The second-order valence-corrected chi connectivity index (χ2v) is 7.40. The number of carbonyl (C=O) groups excluding carboxylic acids is 1. The van der Waals surface area contributed by atoms with E-state index in [9.17, 15) is 4.79 Å². The van der Waals surface area contributed by atoms with E-state index in [1.54, 1.807) is 50.6 Å². The van der Waals surface area contributed by atoms with E-state index in [2.05, 4.69) is 15.3 Å². The van der Waals surface area contributed by atoms with Crippen molar-refractivity contribution >= 4 is 22.7 Å². The first-order valence-electron chi connectivity index (χ1n) is 10.2. The average Bonchev–Trinajstić information content (AvgIpc) is 3.32. The molecule has 4 rings (SSSR count). The third kappa shape index (κ3) is 4.96. The quantitative estimate of drug-likeness (QED) is 0.560. The molecule has 8 heteroatoms. The molecule has 0 unspecified atom stereocenters. The number of ether oxygens (including phenoxy) is 4. The van der Waals surface area contributed by atoms with Gasteiger partial charge in [0.25, 0.3) is 0 Å². The van der Waals surface area contributed by atoms with Crippen molar-refractivity contribution < 1.29 is 23.7 Å². The lowest BCUT2D eigenvalue weighted by Gasteiger charge is -2.12. The molecule has 1 saturated carbocycles. The van der Waals surface area contributed by atoms with Crippen LogP contribution in [-0.4, -0.2) is 36.9 Å². The van der Waals surface area contributed by atoms with Crippen LogP contribution in [0.25, 0.3) is 10.9 Å². The van der Waals surface area contributed by atoms with E-state index < -0.39 is 6.09 Å². The number of benzene rings is 2. The van der Waals surface area contributed by atoms with Gasteiger partial charge in [-0.05, 0) is 49.1 Å². The number of hydrogen-bond acceptors (Lipinski definition) is 7. The zero-order valence-electron chi connectivity index (χ0n) is 17.6. The van der Waals surface area contributed by atoms with Crippen molar-refractivity contribution in [1.82, 2.24) is 9.97 Å². The first kappa shape index (κ1) is 20.7. The van der Waals surface area contributed by atoms with Crippen molar-refractivity contribution in [3.05, 3.63) is 42.7 Å². The van der Waals surface area contributed by atoms with Crippen LogP contribution < -0.4 is 19.5 Å². The highest BCUT2D eigenvalue weighted by atomic mass is 16.5. The largest absolute Gasteiger partial charge is 0.493 e. The number of carbonyl (C=O) groups is 1. The molecule has 1 aliphatic rings. The Morgan fingerprint density at radius 1 is 1.03 bits per heavy atom. The van der Waals surface area contributed by atoms with E-state index in [0.717, 1.165) is 12.8 Å². The average molecular weight is 423 g/mol. The van der Waals surface area contributed by atoms with Gasteiger partial charge in [0.05, 0.1) is 31.7 Å². The molecule has 162 valence electrons. The van der Waals surface area contributed by atoms with Crippen molar-refractivity contribution in [2.75, 3.05) is 26.1 Å². The molecule has 1 aliphatic carbocycles. The monoisotopic (exact) mass is 423 g/mol. The molecule has 0 radical (unpaired) electrons. The fraction of sp³-hybridized carbons (Fsp3) is 0.348. The van der Waals surface area contributed by atoms with E-state index >= 15 is 0 Å². The molecule has 2 aromatic carbocycles. The molecule has 3 aromatic rings. The summed E-state index contributed by atoms with van der Waals surface area (Å²) in [6, 6.07) is 10.5. The number of methoxy groups -OCH3 is 2. The summed E-state index contributed by atoms with van der Waals surface area (Å²) in [6.45, 7) is 0.474. The molecule has 1 fully saturated rings. The number of anilines is 1. The summed E-state index contributed by atoms with van der Waals surface area (Å²) in [4.78, 5) is 20.5.